The van der Waals surface area contributed by atoms with Gasteiger partial charge in [0.2, 0.25) is 11.7 Å². The molecular weight excluding hydrogens is 374 g/mol. The predicted octanol–water partition coefficient (Wildman–Crippen LogP) is 1.92. The van der Waals surface area contributed by atoms with Gasteiger partial charge in [0.15, 0.2) is 0 Å². The fraction of sp³-hybridized carbons (Fsp3) is 0.571. The molecule has 1 aromatic heterocycles. The van der Waals surface area contributed by atoms with Crippen LogP contribution in [0.3, 0.4) is 0 Å². The summed E-state index contributed by atoms with van der Waals surface area (Å²) in [7, 11) is 0. The number of carbonyl (C=O) groups excluding carboxylic acids is 2. The Hall–Kier alpha value is -1.05. The van der Waals surface area contributed by atoms with E-state index in [9.17, 15) is 9.59 Å². The zero-order valence-electron chi connectivity index (χ0n) is 12.2. The molecule has 1 saturated heterocycles. The van der Waals surface area contributed by atoms with Crippen molar-refractivity contribution >= 4 is 40.2 Å². The first-order valence-corrected chi connectivity index (χ1v) is 7.93. The summed E-state index contributed by atoms with van der Waals surface area (Å²) >= 11 is 3.31. The molecule has 0 bridgehead atoms. The topological polar surface area (TPSA) is 88.6 Å². The first-order valence-electron chi connectivity index (χ1n) is 7.14. The van der Waals surface area contributed by atoms with Crippen molar-refractivity contribution in [3.8, 4) is 0 Å². The third-order valence-electron chi connectivity index (χ3n) is 3.61. The van der Waals surface area contributed by atoms with Crippen LogP contribution in [-0.4, -0.2) is 42.4 Å². The number of hydrogen-bond acceptors (Lipinski definition) is 4. The summed E-state index contributed by atoms with van der Waals surface area (Å²) in [6.07, 6.45) is 4.70. The molecule has 0 saturated carbocycles. The molecule has 124 valence electrons. The second kappa shape index (κ2) is 9.17. The molecule has 1 aliphatic heterocycles. The van der Waals surface area contributed by atoms with Gasteiger partial charge >= 0.3 is 0 Å². The summed E-state index contributed by atoms with van der Waals surface area (Å²) in [5.41, 5.74) is 5.35. The fourth-order valence-corrected chi connectivity index (χ4v) is 2.88. The van der Waals surface area contributed by atoms with Gasteiger partial charge < -0.3 is 20.4 Å². The maximum atomic E-state index is 12.5. The highest BCUT2D eigenvalue weighted by atomic mass is 79.9. The van der Waals surface area contributed by atoms with Crippen molar-refractivity contribution in [2.75, 3.05) is 19.6 Å². The van der Waals surface area contributed by atoms with Crippen LogP contribution in [-0.2, 0) is 4.79 Å². The number of rotatable bonds is 5. The van der Waals surface area contributed by atoms with Crippen LogP contribution < -0.4 is 11.1 Å². The molecule has 8 heteroatoms. The average Bonchev–Trinajstić information content (AvgIpc) is 2.91. The molecule has 2 amide bonds. The monoisotopic (exact) mass is 393 g/mol. The average molecular weight is 395 g/mol. The number of likely N-dealkylation sites (tertiary alicyclic amines) is 1. The lowest BCUT2D eigenvalue weighted by Crippen LogP contribution is -2.49. The SMILES string of the molecule is Cl.NCCC(=O)NCC1CCCCN1C(=O)c1occc1Br. The van der Waals surface area contributed by atoms with Crippen molar-refractivity contribution in [1.82, 2.24) is 10.2 Å². The van der Waals surface area contributed by atoms with Crippen molar-refractivity contribution in [2.45, 2.75) is 31.7 Å². The Balaban J connectivity index is 0.00000242. The first-order chi connectivity index (χ1) is 10.1. The molecule has 0 spiro atoms. The highest BCUT2D eigenvalue weighted by Crippen LogP contribution is 2.24. The number of furan rings is 1. The van der Waals surface area contributed by atoms with Crippen LogP contribution in [0.15, 0.2) is 21.2 Å². The molecule has 6 nitrogen and oxygen atoms in total. The lowest BCUT2D eigenvalue weighted by Gasteiger charge is -2.35. The van der Waals surface area contributed by atoms with Crippen LogP contribution in [0.1, 0.15) is 36.2 Å². The molecule has 1 unspecified atom stereocenters. The van der Waals surface area contributed by atoms with E-state index in [4.69, 9.17) is 10.2 Å². The van der Waals surface area contributed by atoms with E-state index in [-0.39, 0.29) is 30.3 Å². The van der Waals surface area contributed by atoms with Crippen LogP contribution in [0.25, 0.3) is 0 Å². The second-order valence-electron chi connectivity index (χ2n) is 5.09. The molecule has 22 heavy (non-hydrogen) atoms. The number of nitrogens with two attached hydrogens (primary N) is 1. The molecule has 2 rings (SSSR count). The molecular formula is C14H21BrClN3O3. The first kappa shape index (κ1) is 19.0. The Morgan fingerprint density at radius 2 is 2.23 bits per heavy atom. The number of piperidine rings is 1. The molecule has 1 aromatic rings. The molecule has 0 radical (unpaired) electrons. The summed E-state index contributed by atoms with van der Waals surface area (Å²) < 4.78 is 5.91. The fourth-order valence-electron chi connectivity index (χ4n) is 2.51. The number of nitrogens with zero attached hydrogens (tertiary/aromatic N) is 1. The maximum Gasteiger partial charge on any atom is 0.291 e. The molecule has 3 N–H and O–H groups in total. The van der Waals surface area contributed by atoms with Gasteiger partial charge in [-0.2, -0.15) is 0 Å². The van der Waals surface area contributed by atoms with Crippen LogP contribution in [0, 0.1) is 0 Å². The number of carbonyl (C=O) groups is 2. The minimum absolute atomic E-state index is 0. The number of amides is 2. The van der Waals surface area contributed by atoms with Gasteiger partial charge in [0.1, 0.15) is 0 Å². The van der Waals surface area contributed by atoms with Gasteiger partial charge in [-0.3, -0.25) is 9.59 Å². The molecule has 0 aliphatic carbocycles. The van der Waals surface area contributed by atoms with Crippen molar-refractivity contribution in [1.29, 1.82) is 0 Å². The van der Waals surface area contributed by atoms with E-state index >= 15 is 0 Å². The molecule has 1 aliphatic rings. The van der Waals surface area contributed by atoms with Gasteiger partial charge in [0.25, 0.3) is 5.91 Å². The van der Waals surface area contributed by atoms with E-state index in [1.807, 2.05) is 0 Å². The van der Waals surface area contributed by atoms with E-state index in [1.165, 1.54) is 6.26 Å². The van der Waals surface area contributed by atoms with Crippen molar-refractivity contribution < 1.29 is 14.0 Å². The summed E-state index contributed by atoms with van der Waals surface area (Å²) in [6.45, 7) is 1.48. The van der Waals surface area contributed by atoms with Gasteiger partial charge in [-0.05, 0) is 41.3 Å². The summed E-state index contributed by atoms with van der Waals surface area (Å²) in [5.74, 6) is 0.106. The Bertz CT molecular complexity index is 509. The van der Waals surface area contributed by atoms with Gasteiger partial charge in [0.05, 0.1) is 10.7 Å². The number of nitrogens with one attached hydrogen (secondary N) is 1. The third-order valence-corrected chi connectivity index (χ3v) is 4.23. The van der Waals surface area contributed by atoms with Crippen molar-refractivity contribution in [3.63, 3.8) is 0 Å². The summed E-state index contributed by atoms with van der Waals surface area (Å²) in [4.78, 5) is 25.8. The second-order valence-corrected chi connectivity index (χ2v) is 5.94. The van der Waals surface area contributed by atoms with E-state index in [1.54, 1.807) is 11.0 Å². The highest BCUT2D eigenvalue weighted by Gasteiger charge is 2.30. The van der Waals surface area contributed by atoms with Gasteiger partial charge in [-0.1, -0.05) is 0 Å². The Morgan fingerprint density at radius 1 is 1.45 bits per heavy atom. The molecule has 2 heterocycles. The third kappa shape index (κ3) is 4.72. The molecule has 0 aromatic carbocycles. The lowest BCUT2D eigenvalue weighted by atomic mass is 10.0. The van der Waals surface area contributed by atoms with Gasteiger partial charge in [-0.25, -0.2) is 0 Å². The van der Waals surface area contributed by atoms with Crippen molar-refractivity contribution in [3.05, 3.63) is 22.6 Å². The quantitative estimate of drug-likeness (QED) is 0.798. The van der Waals surface area contributed by atoms with Crippen LogP contribution in [0.4, 0.5) is 0 Å². The predicted molar refractivity (Wildman–Crippen MR) is 89.0 cm³/mol. The smallest absolute Gasteiger partial charge is 0.291 e. The summed E-state index contributed by atoms with van der Waals surface area (Å²) in [5, 5.41) is 2.84. The highest BCUT2D eigenvalue weighted by molar-refractivity contribution is 9.10. The molecule has 1 fully saturated rings. The maximum absolute atomic E-state index is 12.5. The van der Waals surface area contributed by atoms with Crippen LogP contribution in [0.2, 0.25) is 0 Å². The van der Waals surface area contributed by atoms with E-state index in [2.05, 4.69) is 21.2 Å². The minimum atomic E-state index is -0.135. The Kier molecular flexibility index (Phi) is 7.92. The summed E-state index contributed by atoms with van der Waals surface area (Å²) in [6, 6.07) is 1.71. The lowest BCUT2D eigenvalue weighted by molar-refractivity contribution is -0.121. The van der Waals surface area contributed by atoms with Crippen molar-refractivity contribution in [2.24, 2.45) is 5.73 Å². The van der Waals surface area contributed by atoms with Gasteiger partial charge in [-0.15, -0.1) is 12.4 Å². The standard InChI is InChI=1S/C14H20BrN3O3.ClH/c15-11-5-8-21-13(11)14(20)18-7-2-1-3-10(18)9-17-12(19)4-6-16;/h5,8,10H,1-4,6-7,9,16H2,(H,17,19);1H. The van der Waals surface area contributed by atoms with Crippen LogP contribution >= 0.6 is 28.3 Å². The van der Waals surface area contributed by atoms with E-state index in [0.29, 0.717) is 36.3 Å². The number of halogens is 2. The van der Waals surface area contributed by atoms with Crippen LogP contribution in [0.5, 0.6) is 0 Å². The minimum Gasteiger partial charge on any atom is -0.458 e. The largest absolute Gasteiger partial charge is 0.458 e. The van der Waals surface area contributed by atoms with E-state index in [0.717, 1.165) is 19.3 Å². The normalized spacial score (nSPS) is 17.7. The zero-order valence-corrected chi connectivity index (χ0v) is 14.6. The van der Waals surface area contributed by atoms with E-state index < -0.39 is 0 Å². The Morgan fingerprint density at radius 3 is 2.86 bits per heavy atom. The van der Waals surface area contributed by atoms with Gasteiger partial charge in [0, 0.05) is 32.1 Å². The molecule has 1 atom stereocenters. The zero-order chi connectivity index (χ0) is 15.2. The number of hydrogen-bond donors (Lipinski definition) is 2. The Labute approximate surface area is 144 Å².